The van der Waals surface area contributed by atoms with E-state index < -0.39 is 0 Å². The van der Waals surface area contributed by atoms with E-state index >= 15 is 0 Å². The number of benzene rings is 1. The van der Waals surface area contributed by atoms with Crippen molar-refractivity contribution in [1.29, 1.82) is 0 Å². The fourth-order valence-corrected chi connectivity index (χ4v) is 2.34. The third-order valence-corrected chi connectivity index (χ3v) is 3.60. The summed E-state index contributed by atoms with van der Waals surface area (Å²) < 4.78 is 16.8. The highest BCUT2D eigenvalue weighted by Gasteiger charge is 2.15. The summed E-state index contributed by atoms with van der Waals surface area (Å²) in [5, 5.41) is 0. The molecule has 0 radical (unpaired) electrons. The third kappa shape index (κ3) is 2.63. The van der Waals surface area contributed by atoms with Crippen LogP contribution in [0.5, 0.6) is 17.2 Å². The highest BCUT2D eigenvalue weighted by atomic mass is 79.9. The van der Waals surface area contributed by atoms with Gasteiger partial charge in [0, 0.05) is 10.7 Å². The van der Waals surface area contributed by atoms with Gasteiger partial charge in [-0.2, -0.15) is 0 Å². The van der Waals surface area contributed by atoms with E-state index in [1.54, 1.807) is 19.5 Å². The molecular weight excluding hydrogens is 322 g/mol. The molecule has 0 aliphatic carbocycles. The van der Waals surface area contributed by atoms with Crippen LogP contribution in [0.3, 0.4) is 0 Å². The van der Waals surface area contributed by atoms with Crippen LogP contribution < -0.4 is 14.2 Å². The summed E-state index contributed by atoms with van der Waals surface area (Å²) in [6.07, 6.45) is 7.41. The van der Waals surface area contributed by atoms with Gasteiger partial charge in [-0.1, -0.05) is 28.1 Å². The van der Waals surface area contributed by atoms with Crippen molar-refractivity contribution < 1.29 is 14.2 Å². The van der Waals surface area contributed by atoms with Crippen LogP contribution in [0, 0.1) is 0 Å². The van der Waals surface area contributed by atoms with E-state index in [1.807, 2.05) is 30.4 Å². The van der Waals surface area contributed by atoms with E-state index in [9.17, 15) is 0 Å². The van der Waals surface area contributed by atoms with Crippen LogP contribution in [-0.4, -0.2) is 18.9 Å². The van der Waals surface area contributed by atoms with Crippen LogP contribution in [0.15, 0.2) is 35.1 Å². The monoisotopic (exact) mass is 333 g/mol. The predicted octanol–water partition coefficient (Wildman–Crippen LogP) is 3.75. The van der Waals surface area contributed by atoms with Crippen molar-refractivity contribution in [1.82, 2.24) is 4.98 Å². The van der Waals surface area contributed by atoms with Gasteiger partial charge in [-0.25, -0.2) is 0 Å². The van der Waals surface area contributed by atoms with Crippen molar-refractivity contribution >= 4 is 28.1 Å². The predicted molar refractivity (Wildman–Crippen MR) is 80.0 cm³/mol. The smallest absolute Gasteiger partial charge is 0.231 e. The Morgan fingerprint density at radius 1 is 1.15 bits per heavy atom. The zero-order valence-electron chi connectivity index (χ0n) is 10.8. The number of hydrogen-bond donors (Lipinski definition) is 0. The van der Waals surface area contributed by atoms with Crippen LogP contribution in [0.25, 0.3) is 12.2 Å². The number of ether oxygens (including phenoxy) is 3. The molecule has 0 amide bonds. The molecule has 2 aromatic rings. The number of nitrogens with zero attached hydrogens (tertiary/aromatic N) is 1. The maximum Gasteiger partial charge on any atom is 0.231 e. The van der Waals surface area contributed by atoms with E-state index in [-0.39, 0.29) is 6.79 Å². The highest BCUT2D eigenvalue weighted by Crippen LogP contribution is 2.37. The van der Waals surface area contributed by atoms with Gasteiger partial charge in [0.1, 0.15) is 5.75 Å². The van der Waals surface area contributed by atoms with Crippen molar-refractivity contribution in [3.05, 3.63) is 46.2 Å². The number of rotatable bonds is 3. The highest BCUT2D eigenvalue weighted by molar-refractivity contribution is 9.10. The molecule has 0 saturated carbocycles. The first kappa shape index (κ1) is 13.0. The molecule has 0 bridgehead atoms. The normalized spacial score (nSPS) is 12.9. The quantitative estimate of drug-likeness (QED) is 0.857. The van der Waals surface area contributed by atoms with Gasteiger partial charge < -0.3 is 14.2 Å². The lowest BCUT2D eigenvalue weighted by molar-refractivity contribution is 0.174. The van der Waals surface area contributed by atoms with Gasteiger partial charge in [-0.15, -0.1) is 0 Å². The molecule has 2 heterocycles. The van der Waals surface area contributed by atoms with Gasteiger partial charge in [0.15, 0.2) is 11.5 Å². The SMILES string of the molecule is COc1cncc(/C=C/c2cc3c(cc2Br)OCO3)c1. The molecule has 1 aromatic heterocycles. The number of halogens is 1. The maximum absolute atomic E-state index is 5.37. The molecule has 3 rings (SSSR count). The van der Waals surface area contributed by atoms with Crippen LogP contribution in [0.2, 0.25) is 0 Å². The topological polar surface area (TPSA) is 40.6 Å². The van der Waals surface area contributed by atoms with E-state index in [2.05, 4.69) is 20.9 Å². The summed E-state index contributed by atoms with van der Waals surface area (Å²) in [5.74, 6) is 2.26. The molecule has 0 N–H and O–H groups in total. The molecule has 1 aromatic carbocycles. The standard InChI is InChI=1S/C15H12BrNO3/c1-18-12-4-10(7-17-8-12)2-3-11-5-14-15(6-13(11)16)20-9-19-14/h2-8H,9H2,1H3/b3-2+. The van der Waals surface area contributed by atoms with E-state index in [0.717, 1.165) is 32.8 Å². The Morgan fingerprint density at radius 2 is 1.95 bits per heavy atom. The number of hydrogen-bond acceptors (Lipinski definition) is 4. The molecule has 102 valence electrons. The summed E-state index contributed by atoms with van der Waals surface area (Å²) in [7, 11) is 1.62. The molecule has 4 nitrogen and oxygen atoms in total. The van der Waals surface area contributed by atoms with Gasteiger partial charge in [0.2, 0.25) is 6.79 Å². The van der Waals surface area contributed by atoms with Crippen LogP contribution in [-0.2, 0) is 0 Å². The Balaban J connectivity index is 1.88. The van der Waals surface area contributed by atoms with Gasteiger partial charge in [0.05, 0.1) is 13.3 Å². The fraction of sp³-hybridized carbons (Fsp3) is 0.133. The molecule has 0 fully saturated rings. The number of methoxy groups -OCH3 is 1. The second-order valence-electron chi connectivity index (χ2n) is 4.22. The zero-order chi connectivity index (χ0) is 13.9. The Bertz CT molecular complexity index is 670. The maximum atomic E-state index is 5.37. The van der Waals surface area contributed by atoms with Crippen molar-refractivity contribution in [2.24, 2.45) is 0 Å². The molecule has 20 heavy (non-hydrogen) atoms. The number of fused-ring (bicyclic) bond motifs is 1. The second kappa shape index (κ2) is 5.54. The van der Waals surface area contributed by atoms with Crippen molar-refractivity contribution in [2.75, 3.05) is 13.9 Å². The summed E-state index contributed by atoms with van der Waals surface area (Å²) >= 11 is 3.52. The lowest BCUT2D eigenvalue weighted by Gasteiger charge is -2.02. The van der Waals surface area contributed by atoms with Crippen molar-refractivity contribution in [3.8, 4) is 17.2 Å². The summed E-state index contributed by atoms with van der Waals surface area (Å²) in [6.45, 7) is 0.273. The first-order valence-electron chi connectivity index (χ1n) is 6.02. The molecule has 0 spiro atoms. The minimum Gasteiger partial charge on any atom is -0.495 e. The largest absolute Gasteiger partial charge is 0.495 e. The third-order valence-electron chi connectivity index (χ3n) is 2.92. The zero-order valence-corrected chi connectivity index (χ0v) is 12.4. The van der Waals surface area contributed by atoms with Gasteiger partial charge in [-0.05, 0) is 29.3 Å². The molecule has 5 heteroatoms. The molecule has 1 aliphatic rings. The van der Waals surface area contributed by atoms with Gasteiger partial charge >= 0.3 is 0 Å². The minimum atomic E-state index is 0.273. The minimum absolute atomic E-state index is 0.273. The lowest BCUT2D eigenvalue weighted by atomic mass is 10.1. The Labute approximate surface area is 125 Å². The Kier molecular flexibility index (Phi) is 3.60. The molecule has 1 aliphatic heterocycles. The van der Waals surface area contributed by atoms with Crippen LogP contribution >= 0.6 is 15.9 Å². The molecular formula is C15H12BrNO3. The summed E-state index contributed by atoms with van der Waals surface area (Å²) in [5.41, 5.74) is 1.98. The van der Waals surface area contributed by atoms with E-state index in [1.165, 1.54) is 0 Å². The van der Waals surface area contributed by atoms with E-state index in [0.29, 0.717) is 0 Å². The molecule has 0 atom stereocenters. The average molecular weight is 334 g/mol. The van der Waals surface area contributed by atoms with Gasteiger partial charge in [-0.3, -0.25) is 4.98 Å². The van der Waals surface area contributed by atoms with Crippen molar-refractivity contribution in [3.63, 3.8) is 0 Å². The first-order chi connectivity index (χ1) is 9.76. The van der Waals surface area contributed by atoms with E-state index in [4.69, 9.17) is 14.2 Å². The summed E-state index contributed by atoms with van der Waals surface area (Å²) in [6, 6.07) is 5.77. The second-order valence-corrected chi connectivity index (χ2v) is 5.07. The Hall–Kier alpha value is -2.01. The lowest BCUT2D eigenvalue weighted by Crippen LogP contribution is -1.92. The molecule has 0 saturated heterocycles. The van der Waals surface area contributed by atoms with Crippen molar-refractivity contribution in [2.45, 2.75) is 0 Å². The Morgan fingerprint density at radius 3 is 2.75 bits per heavy atom. The average Bonchev–Trinajstić information content (AvgIpc) is 2.92. The van der Waals surface area contributed by atoms with Crippen LogP contribution in [0.4, 0.5) is 0 Å². The van der Waals surface area contributed by atoms with Gasteiger partial charge in [0.25, 0.3) is 0 Å². The number of aromatic nitrogens is 1. The number of pyridine rings is 1. The summed E-state index contributed by atoms with van der Waals surface area (Å²) in [4.78, 5) is 4.12. The molecule has 0 unspecified atom stereocenters. The first-order valence-corrected chi connectivity index (χ1v) is 6.82. The fourth-order valence-electron chi connectivity index (χ4n) is 1.88. The van der Waals surface area contributed by atoms with Crippen LogP contribution in [0.1, 0.15) is 11.1 Å².